The molecule has 1 saturated heterocycles. The van der Waals surface area contributed by atoms with Crippen molar-refractivity contribution in [2.24, 2.45) is 0 Å². The SMILES string of the molecule is COc1ccc(C[NH2+][C@@H]2CC(=O)N(c3ccccc3)C2=O)cc1. The molecule has 0 saturated carbocycles. The van der Waals surface area contributed by atoms with Crippen LogP contribution in [-0.2, 0) is 16.1 Å². The van der Waals surface area contributed by atoms with Gasteiger partial charge in [0, 0.05) is 5.56 Å². The zero-order valence-electron chi connectivity index (χ0n) is 12.9. The first kappa shape index (κ1) is 15.2. The molecule has 0 radical (unpaired) electrons. The Hall–Kier alpha value is -2.66. The van der Waals surface area contributed by atoms with Crippen LogP contribution in [0.2, 0.25) is 0 Å². The zero-order valence-corrected chi connectivity index (χ0v) is 12.9. The Morgan fingerprint density at radius 1 is 1.09 bits per heavy atom. The summed E-state index contributed by atoms with van der Waals surface area (Å²) in [6.45, 7) is 0.649. The molecule has 0 aromatic heterocycles. The van der Waals surface area contributed by atoms with Gasteiger partial charge in [0.25, 0.3) is 5.91 Å². The summed E-state index contributed by atoms with van der Waals surface area (Å²) in [7, 11) is 1.63. The third kappa shape index (κ3) is 3.24. The molecule has 2 aromatic rings. The fraction of sp³-hybridized carbons (Fsp3) is 0.222. The number of anilines is 1. The van der Waals surface area contributed by atoms with Crippen molar-refractivity contribution in [1.29, 1.82) is 0 Å². The number of benzene rings is 2. The molecule has 5 nitrogen and oxygen atoms in total. The zero-order chi connectivity index (χ0) is 16.2. The Balaban J connectivity index is 1.65. The number of amides is 2. The van der Waals surface area contributed by atoms with Gasteiger partial charge in [0.05, 0.1) is 19.2 Å². The van der Waals surface area contributed by atoms with Crippen LogP contribution in [0.25, 0.3) is 0 Å². The van der Waals surface area contributed by atoms with Crippen LogP contribution in [0.4, 0.5) is 5.69 Å². The molecule has 5 heteroatoms. The number of carbonyl (C=O) groups excluding carboxylic acids is 2. The molecular formula is C18H19N2O3+. The predicted molar refractivity (Wildman–Crippen MR) is 86.0 cm³/mol. The van der Waals surface area contributed by atoms with Crippen molar-refractivity contribution >= 4 is 17.5 Å². The van der Waals surface area contributed by atoms with E-state index in [1.165, 1.54) is 4.90 Å². The van der Waals surface area contributed by atoms with Crippen molar-refractivity contribution in [3.8, 4) is 5.75 Å². The highest BCUT2D eigenvalue weighted by atomic mass is 16.5. The second-order valence-corrected chi connectivity index (χ2v) is 5.50. The summed E-state index contributed by atoms with van der Waals surface area (Å²) >= 11 is 0. The number of para-hydroxylation sites is 1. The average molecular weight is 311 g/mol. The predicted octanol–water partition coefficient (Wildman–Crippen LogP) is 1.09. The molecule has 1 atom stereocenters. The highest BCUT2D eigenvalue weighted by Crippen LogP contribution is 2.21. The summed E-state index contributed by atoms with van der Waals surface area (Å²) in [5, 5.41) is 1.92. The first-order valence-corrected chi connectivity index (χ1v) is 7.57. The van der Waals surface area contributed by atoms with Crippen LogP contribution in [0.1, 0.15) is 12.0 Å². The third-order valence-electron chi connectivity index (χ3n) is 3.99. The maximum atomic E-state index is 12.5. The summed E-state index contributed by atoms with van der Waals surface area (Å²) in [6, 6.07) is 16.4. The lowest BCUT2D eigenvalue weighted by atomic mass is 10.2. The van der Waals surface area contributed by atoms with Gasteiger partial charge in [-0.05, 0) is 36.4 Å². The molecule has 2 amide bonds. The summed E-state index contributed by atoms with van der Waals surface area (Å²) < 4.78 is 5.13. The summed E-state index contributed by atoms with van der Waals surface area (Å²) in [5.74, 6) is 0.517. The van der Waals surface area contributed by atoms with Gasteiger partial charge >= 0.3 is 0 Å². The Morgan fingerprint density at radius 2 is 1.78 bits per heavy atom. The number of nitrogens with two attached hydrogens (primary N) is 1. The number of hydrogen-bond donors (Lipinski definition) is 1. The van der Waals surface area contributed by atoms with Crippen LogP contribution in [0.3, 0.4) is 0 Å². The lowest BCUT2D eigenvalue weighted by molar-refractivity contribution is -0.690. The van der Waals surface area contributed by atoms with Gasteiger partial charge in [-0.3, -0.25) is 9.59 Å². The van der Waals surface area contributed by atoms with Crippen LogP contribution in [-0.4, -0.2) is 25.0 Å². The Kier molecular flexibility index (Phi) is 4.39. The highest BCUT2D eigenvalue weighted by molar-refractivity contribution is 6.21. The Bertz CT molecular complexity index is 698. The van der Waals surface area contributed by atoms with E-state index in [0.717, 1.165) is 11.3 Å². The Labute approximate surface area is 134 Å². The number of methoxy groups -OCH3 is 1. The summed E-state index contributed by atoms with van der Waals surface area (Å²) in [4.78, 5) is 25.9. The van der Waals surface area contributed by atoms with E-state index in [2.05, 4.69) is 0 Å². The fourth-order valence-electron chi connectivity index (χ4n) is 2.73. The van der Waals surface area contributed by atoms with Gasteiger partial charge in [-0.2, -0.15) is 0 Å². The van der Waals surface area contributed by atoms with Gasteiger partial charge in [-0.1, -0.05) is 18.2 Å². The minimum atomic E-state index is -0.357. The molecule has 1 aliphatic heterocycles. The molecule has 23 heavy (non-hydrogen) atoms. The van der Waals surface area contributed by atoms with Crippen molar-refractivity contribution in [3.05, 3.63) is 60.2 Å². The molecule has 3 rings (SSSR count). The van der Waals surface area contributed by atoms with Crippen molar-refractivity contribution in [3.63, 3.8) is 0 Å². The maximum absolute atomic E-state index is 12.5. The molecule has 118 valence electrons. The molecule has 2 aromatic carbocycles. The number of imide groups is 1. The van der Waals surface area contributed by atoms with E-state index < -0.39 is 0 Å². The van der Waals surface area contributed by atoms with E-state index in [9.17, 15) is 9.59 Å². The normalized spacial score (nSPS) is 17.6. The molecule has 0 spiro atoms. The van der Waals surface area contributed by atoms with Crippen LogP contribution >= 0.6 is 0 Å². The van der Waals surface area contributed by atoms with Gasteiger partial charge in [0.2, 0.25) is 5.91 Å². The van der Waals surface area contributed by atoms with Gasteiger partial charge in [-0.15, -0.1) is 0 Å². The summed E-state index contributed by atoms with van der Waals surface area (Å²) in [6.07, 6.45) is 0.240. The molecular weight excluding hydrogens is 292 g/mol. The minimum Gasteiger partial charge on any atom is -0.497 e. The molecule has 1 aliphatic rings. The first-order valence-electron chi connectivity index (χ1n) is 7.57. The minimum absolute atomic E-state index is 0.141. The second kappa shape index (κ2) is 6.62. The number of hydrogen-bond acceptors (Lipinski definition) is 3. The van der Waals surface area contributed by atoms with Crippen molar-refractivity contribution in [2.45, 2.75) is 19.0 Å². The number of ether oxygens (including phenoxy) is 1. The van der Waals surface area contributed by atoms with Gasteiger partial charge in [0.1, 0.15) is 12.3 Å². The third-order valence-corrected chi connectivity index (χ3v) is 3.99. The first-order chi connectivity index (χ1) is 11.2. The number of rotatable bonds is 5. The lowest BCUT2D eigenvalue weighted by Gasteiger charge is -2.14. The fourth-order valence-corrected chi connectivity index (χ4v) is 2.73. The smallest absolute Gasteiger partial charge is 0.292 e. The van der Waals surface area contributed by atoms with E-state index in [4.69, 9.17) is 4.74 Å². The van der Waals surface area contributed by atoms with E-state index in [-0.39, 0.29) is 24.3 Å². The summed E-state index contributed by atoms with van der Waals surface area (Å²) in [5.41, 5.74) is 1.73. The lowest BCUT2D eigenvalue weighted by Crippen LogP contribution is -2.90. The molecule has 0 bridgehead atoms. The van der Waals surface area contributed by atoms with Crippen molar-refractivity contribution < 1.29 is 19.6 Å². The number of quaternary nitrogens is 1. The van der Waals surface area contributed by atoms with Crippen molar-refractivity contribution in [2.75, 3.05) is 12.0 Å². The van der Waals surface area contributed by atoms with Gasteiger partial charge < -0.3 is 10.1 Å². The molecule has 1 heterocycles. The van der Waals surface area contributed by atoms with Crippen LogP contribution in [0, 0.1) is 0 Å². The van der Waals surface area contributed by atoms with Crippen LogP contribution < -0.4 is 15.0 Å². The molecule has 0 unspecified atom stereocenters. The number of nitrogens with zero attached hydrogens (tertiary/aromatic N) is 1. The van der Waals surface area contributed by atoms with Gasteiger partial charge in [-0.25, -0.2) is 4.90 Å². The second-order valence-electron chi connectivity index (χ2n) is 5.50. The monoisotopic (exact) mass is 311 g/mol. The van der Waals surface area contributed by atoms with Crippen LogP contribution in [0.15, 0.2) is 54.6 Å². The topological polar surface area (TPSA) is 63.2 Å². The van der Waals surface area contributed by atoms with E-state index in [1.54, 1.807) is 19.2 Å². The van der Waals surface area contributed by atoms with E-state index in [0.29, 0.717) is 12.2 Å². The molecule has 2 N–H and O–H groups in total. The van der Waals surface area contributed by atoms with Crippen molar-refractivity contribution in [1.82, 2.24) is 0 Å². The number of carbonyl (C=O) groups is 2. The van der Waals surface area contributed by atoms with E-state index in [1.807, 2.05) is 47.8 Å². The highest BCUT2D eigenvalue weighted by Gasteiger charge is 2.41. The van der Waals surface area contributed by atoms with Crippen LogP contribution in [0.5, 0.6) is 5.75 Å². The van der Waals surface area contributed by atoms with E-state index >= 15 is 0 Å². The van der Waals surface area contributed by atoms with Gasteiger partial charge in [0.15, 0.2) is 6.04 Å². The maximum Gasteiger partial charge on any atom is 0.292 e. The standard InChI is InChI=1S/C18H18N2O3/c1-23-15-9-7-13(8-10-15)12-19-16-11-17(21)20(18(16)22)14-5-3-2-4-6-14/h2-10,16,19H,11-12H2,1H3/p+1/t16-/m1/s1. The Morgan fingerprint density at radius 3 is 2.43 bits per heavy atom. The molecule has 1 fully saturated rings. The average Bonchev–Trinajstić information content (AvgIpc) is 2.88. The quantitative estimate of drug-likeness (QED) is 0.841. The largest absolute Gasteiger partial charge is 0.497 e. The molecule has 0 aliphatic carbocycles.